The number of aromatic nitrogens is 2. The Morgan fingerprint density at radius 3 is 3.17 bits per heavy atom. The van der Waals surface area contributed by atoms with Crippen molar-refractivity contribution in [3.8, 4) is 0 Å². The van der Waals surface area contributed by atoms with Gasteiger partial charge in [-0.05, 0) is 26.7 Å². The number of hydrogen-bond acceptors (Lipinski definition) is 2. The van der Waals surface area contributed by atoms with Crippen LogP contribution in [0.4, 0.5) is 5.69 Å². The lowest BCUT2D eigenvalue weighted by Gasteiger charge is -2.17. The van der Waals surface area contributed by atoms with Crippen molar-refractivity contribution in [1.82, 2.24) is 9.78 Å². The normalized spacial score (nSPS) is 15.9. The fraction of sp³-hybridized carbons (Fsp3) is 0.667. The molecule has 3 heteroatoms. The van der Waals surface area contributed by atoms with Crippen molar-refractivity contribution in [2.75, 3.05) is 11.9 Å². The van der Waals surface area contributed by atoms with E-state index in [-0.39, 0.29) is 0 Å². The fourth-order valence-corrected chi connectivity index (χ4v) is 1.71. The molecule has 2 rings (SSSR count). The third-order valence-corrected chi connectivity index (χ3v) is 2.29. The lowest BCUT2D eigenvalue weighted by Crippen LogP contribution is -2.15. The Balaban J connectivity index is 2.38. The van der Waals surface area contributed by atoms with Crippen molar-refractivity contribution < 1.29 is 0 Å². The van der Waals surface area contributed by atoms with E-state index in [9.17, 15) is 0 Å². The van der Waals surface area contributed by atoms with Gasteiger partial charge in [-0.2, -0.15) is 5.10 Å². The van der Waals surface area contributed by atoms with Crippen LogP contribution >= 0.6 is 0 Å². The van der Waals surface area contributed by atoms with Gasteiger partial charge in [-0.25, -0.2) is 0 Å². The Kier molecular flexibility index (Phi) is 1.79. The number of hydrogen-bond donors (Lipinski definition) is 1. The van der Waals surface area contributed by atoms with Gasteiger partial charge in [-0.15, -0.1) is 0 Å². The van der Waals surface area contributed by atoms with Crippen molar-refractivity contribution in [3.05, 3.63) is 11.9 Å². The minimum atomic E-state index is 0.480. The van der Waals surface area contributed by atoms with Crippen LogP contribution in [0.15, 0.2) is 6.20 Å². The van der Waals surface area contributed by atoms with E-state index in [4.69, 9.17) is 0 Å². The van der Waals surface area contributed by atoms with Crippen LogP contribution < -0.4 is 5.32 Å². The average Bonchev–Trinajstić information content (AvgIpc) is 2.47. The van der Waals surface area contributed by atoms with Crippen LogP contribution in [0.1, 0.15) is 32.0 Å². The van der Waals surface area contributed by atoms with Gasteiger partial charge >= 0.3 is 0 Å². The van der Waals surface area contributed by atoms with Gasteiger partial charge in [0.05, 0.1) is 17.6 Å². The van der Waals surface area contributed by atoms with Crippen molar-refractivity contribution >= 4 is 5.69 Å². The molecule has 0 spiro atoms. The number of nitrogens with zero attached hydrogens (tertiary/aromatic N) is 2. The standard InChI is InChI=1S/C9H15N3/c1-7(2)12-9-4-3-5-10-8(9)6-11-12/h6-7,10H,3-5H2,1-2H3. The van der Waals surface area contributed by atoms with Crippen LogP contribution in [0.5, 0.6) is 0 Å². The molecule has 0 fully saturated rings. The zero-order chi connectivity index (χ0) is 8.55. The van der Waals surface area contributed by atoms with E-state index in [1.807, 2.05) is 6.20 Å². The lowest BCUT2D eigenvalue weighted by atomic mass is 10.1. The molecule has 1 N–H and O–H groups in total. The summed E-state index contributed by atoms with van der Waals surface area (Å²) in [6.07, 6.45) is 4.33. The number of fused-ring (bicyclic) bond motifs is 1. The SMILES string of the molecule is CC(C)n1ncc2c1CCCN2. The quantitative estimate of drug-likeness (QED) is 0.688. The van der Waals surface area contributed by atoms with E-state index in [1.54, 1.807) is 0 Å². The summed E-state index contributed by atoms with van der Waals surface area (Å²) in [6, 6.07) is 0.480. The van der Waals surface area contributed by atoms with Crippen molar-refractivity contribution in [2.24, 2.45) is 0 Å². The molecule has 0 amide bonds. The molecule has 66 valence electrons. The first-order valence-electron chi connectivity index (χ1n) is 4.59. The van der Waals surface area contributed by atoms with Gasteiger partial charge in [0.1, 0.15) is 0 Å². The molecule has 0 saturated carbocycles. The van der Waals surface area contributed by atoms with E-state index in [0.717, 1.165) is 6.54 Å². The van der Waals surface area contributed by atoms with Gasteiger partial charge in [0, 0.05) is 12.6 Å². The molecule has 0 aliphatic carbocycles. The van der Waals surface area contributed by atoms with Crippen LogP contribution in [0, 0.1) is 0 Å². The Morgan fingerprint density at radius 2 is 2.42 bits per heavy atom. The third-order valence-electron chi connectivity index (χ3n) is 2.29. The zero-order valence-electron chi connectivity index (χ0n) is 7.67. The number of rotatable bonds is 1. The van der Waals surface area contributed by atoms with Crippen LogP contribution in [0.3, 0.4) is 0 Å². The molecular weight excluding hydrogens is 150 g/mol. The zero-order valence-corrected chi connectivity index (χ0v) is 7.67. The highest BCUT2D eigenvalue weighted by Gasteiger charge is 2.15. The molecule has 1 aliphatic rings. The molecule has 0 radical (unpaired) electrons. The largest absolute Gasteiger partial charge is 0.382 e. The van der Waals surface area contributed by atoms with Crippen LogP contribution in [-0.4, -0.2) is 16.3 Å². The third kappa shape index (κ3) is 1.09. The molecule has 1 aliphatic heterocycles. The molecule has 1 aromatic heterocycles. The van der Waals surface area contributed by atoms with Gasteiger partial charge in [-0.3, -0.25) is 4.68 Å². The molecule has 0 unspecified atom stereocenters. The summed E-state index contributed by atoms with van der Waals surface area (Å²) in [5.74, 6) is 0. The molecule has 1 aromatic rings. The van der Waals surface area contributed by atoms with Gasteiger partial charge in [0.25, 0.3) is 0 Å². The summed E-state index contributed by atoms with van der Waals surface area (Å²) in [7, 11) is 0. The maximum Gasteiger partial charge on any atom is 0.0759 e. The number of anilines is 1. The summed E-state index contributed by atoms with van der Waals surface area (Å²) in [5.41, 5.74) is 2.60. The van der Waals surface area contributed by atoms with Crippen molar-refractivity contribution in [3.63, 3.8) is 0 Å². The summed E-state index contributed by atoms with van der Waals surface area (Å²) in [6.45, 7) is 5.43. The van der Waals surface area contributed by atoms with Crippen LogP contribution in [0.25, 0.3) is 0 Å². The monoisotopic (exact) mass is 165 g/mol. The summed E-state index contributed by atoms with van der Waals surface area (Å²) < 4.78 is 2.11. The second kappa shape index (κ2) is 2.81. The minimum Gasteiger partial charge on any atom is -0.382 e. The van der Waals surface area contributed by atoms with E-state index < -0.39 is 0 Å². The molecular formula is C9H15N3. The minimum absolute atomic E-state index is 0.480. The van der Waals surface area contributed by atoms with Crippen LogP contribution in [-0.2, 0) is 6.42 Å². The highest BCUT2D eigenvalue weighted by molar-refractivity contribution is 5.48. The average molecular weight is 165 g/mol. The fourth-order valence-electron chi connectivity index (χ4n) is 1.71. The first kappa shape index (κ1) is 7.65. The van der Waals surface area contributed by atoms with Gasteiger partial charge in [0.2, 0.25) is 0 Å². The molecule has 0 aromatic carbocycles. The lowest BCUT2D eigenvalue weighted by molar-refractivity contribution is 0.504. The first-order valence-corrected chi connectivity index (χ1v) is 4.59. The Bertz CT molecular complexity index is 275. The molecule has 2 heterocycles. The Labute approximate surface area is 72.8 Å². The van der Waals surface area contributed by atoms with Gasteiger partial charge in [0.15, 0.2) is 0 Å². The van der Waals surface area contributed by atoms with E-state index in [2.05, 4.69) is 28.9 Å². The van der Waals surface area contributed by atoms with E-state index in [0.29, 0.717) is 6.04 Å². The Morgan fingerprint density at radius 1 is 1.58 bits per heavy atom. The van der Waals surface area contributed by atoms with Gasteiger partial charge < -0.3 is 5.32 Å². The van der Waals surface area contributed by atoms with E-state index in [1.165, 1.54) is 24.2 Å². The molecule has 0 saturated heterocycles. The molecule has 0 bridgehead atoms. The summed E-state index contributed by atoms with van der Waals surface area (Å²) in [5, 5.41) is 7.71. The van der Waals surface area contributed by atoms with Gasteiger partial charge in [-0.1, -0.05) is 0 Å². The molecule has 12 heavy (non-hydrogen) atoms. The summed E-state index contributed by atoms with van der Waals surface area (Å²) in [4.78, 5) is 0. The second-order valence-electron chi connectivity index (χ2n) is 3.57. The predicted octanol–water partition coefficient (Wildman–Crippen LogP) is 1.82. The smallest absolute Gasteiger partial charge is 0.0759 e. The maximum absolute atomic E-state index is 4.35. The predicted molar refractivity (Wildman–Crippen MR) is 49.4 cm³/mol. The highest BCUT2D eigenvalue weighted by Crippen LogP contribution is 2.23. The maximum atomic E-state index is 4.35. The summed E-state index contributed by atoms with van der Waals surface area (Å²) >= 11 is 0. The highest BCUT2D eigenvalue weighted by atomic mass is 15.3. The topological polar surface area (TPSA) is 29.9 Å². The first-order chi connectivity index (χ1) is 5.79. The van der Waals surface area contributed by atoms with Crippen molar-refractivity contribution in [1.29, 1.82) is 0 Å². The molecule has 0 atom stereocenters. The molecule has 3 nitrogen and oxygen atoms in total. The van der Waals surface area contributed by atoms with E-state index >= 15 is 0 Å². The van der Waals surface area contributed by atoms with Crippen molar-refractivity contribution in [2.45, 2.75) is 32.7 Å². The second-order valence-corrected chi connectivity index (χ2v) is 3.57. The number of nitrogens with one attached hydrogen (secondary N) is 1. The van der Waals surface area contributed by atoms with Crippen LogP contribution in [0.2, 0.25) is 0 Å². The Hall–Kier alpha value is -0.990.